The highest BCUT2D eigenvalue weighted by molar-refractivity contribution is 5.95. The number of hydrogen-bond acceptors (Lipinski definition) is 7. The fraction of sp³-hybridized carbons (Fsp3) is 0.556. The van der Waals surface area contributed by atoms with E-state index < -0.39 is 11.2 Å². The first-order chi connectivity index (χ1) is 18.9. The van der Waals surface area contributed by atoms with Gasteiger partial charge < -0.3 is 14.6 Å². The summed E-state index contributed by atoms with van der Waals surface area (Å²) in [7, 11) is 1.52. The molecule has 12 heteroatoms. The van der Waals surface area contributed by atoms with Crippen LogP contribution in [0.4, 0.5) is 5.82 Å². The summed E-state index contributed by atoms with van der Waals surface area (Å²) in [4.78, 5) is 67.2. The molecule has 1 saturated heterocycles. The number of carbonyl (C=O) groups is 2. The highest BCUT2D eigenvalue weighted by Gasteiger charge is 2.32. The molecule has 5 rings (SSSR count). The zero-order valence-electron chi connectivity index (χ0n) is 22.5. The second-order valence-corrected chi connectivity index (χ2v) is 10.2. The van der Waals surface area contributed by atoms with Gasteiger partial charge in [-0.25, -0.2) is 14.8 Å². The number of ether oxygens (including phenoxy) is 1. The Morgan fingerprint density at radius 1 is 1.13 bits per heavy atom. The minimum Gasteiger partial charge on any atom is -0.383 e. The van der Waals surface area contributed by atoms with Gasteiger partial charge in [-0.05, 0) is 37.8 Å². The zero-order chi connectivity index (χ0) is 27.5. The van der Waals surface area contributed by atoms with Crippen molar-refractivity contribution in [2.75, 3.05) is 38.3 Å². The summed E-state index contributed by atoms with van der Waals surface area (Å²) in [5, 5.41) is 0. The Morgan fingerprint density at radius 2 is 1.95 bits per heavy atom. The standard InChI is InChI=1S/C27H35N7O5/c1-3-11-33-24-22(26(37)34(27(33)38)15-16-39-2)29-23(30-24)19-9-10-20(28-17-19)32(25(36)18-6-4-7-18)14-13-31-12-5-8-21(31)35/h9-10,17-18H,3-8,11-16H2,1-2H3,(H,29,30). The number of likely N-dealkylation sites (tertiary alicyclic amines) is 1. The van der Waals surface area contributed by atoms with Crippen molar-refractivity contribution >= 4 is 28.8 Å². The van der Waals surface area contributed by atoms with Crippen LogP contribution in [0, 0.1) is 5.92 Å². The van der Waals surface area contributed by atoms with Crippen molar-refractivity contribution in [3.05, 3.63) is 39.2 Å². The molecule has 3 aromatic rings. The lowest BCUT2D eigenvalue weighted by Gasteiger charge is -2.32. The number of anilines is 1. The molecule has 2 amide bonds. The van der Waals surface area contributed by atoms with Gasteiger partial charge in [0.2, 0.25) is 11.8 Å². The van der Waals surface area contributed by atoms with Crippen LogP contribution >= 0.6 is 0 Å². The minimum atomic E-state index is -0.448. The van der Waals surface area contributed by atoms with E-state index in [1.54, 1.807) is 28.1 Å². The SMILES string of the molecule is CCCn1c(=O)n(CCOC)c(=O)c2[nH]c(-c3ccc(N(CCN4CCCC4=O)C(=O)C4CCC4)nc3)nc21. The normalized spacial score (nSPS) is 15.7. The molecule has 0 atom stereocenters. The van der Waals surface area contributed by atoms with Crippen molar-refractivity contribution in [1.82, 2.24) is 29.0 Å². The molecule has 0 bridgehead atoms. The number of carbonyl (C=O) groups excluding carboxylic acids is 2. The number of aromatic nitrogens is 5. The highest BCUT2D eigenvalue weighted by atomic mass is 16.5. The Kier molecular flexibility index (Phi) is 7.92. The molecule has 1 N–H and O–H groups in total. The van der Waals surface area contributed by atoms with E-state index in [1.165, 1.54) is 16.2 Å². The summed E-state index contributed by atoms with van der Waals surface area (Å²) in [6.07, 6.45) is 6.51. The molecular formula is C27H35N7O5. The van der Waals surface area contributed by atoms with E-state index in [-0.39, 0.29) is 36.4 Å². The molecule has 1 aliphatic carbocycles. The summed E-state index contributed by atoms with van der Waals surface area (Å²) in [6.45, 7) is 4.35. The third-order valence-electron chi connectivity index (χ3n) is 7.61. The van der Waals surface area contributed by atoms with Crippen LogP contribution in [0.2, 0.25) is 0 Å². The number of hydrogen-bond donors (Lipinski definition) is 1. The number of nitrogens with one attached hydrogen (secondary N) is 1. The summed E-state index contributed by atoms with van der Waals surface area (Å²) >= 11 is 0. The van der Waals surface area contributed by atoms with Crippen LogP contribution in [0.15, 0.2) is 27.9 Å². The van der Waals surface area contributed by atoms with Crippen molar-refractivity contribution in [3.8, 4) is 11.4 Å². The number of H-pyrrole nitrogens is 1. The molecule has 39 heavy (non-hydrogen) atoms. The molecule has 4 heterocycles. The lowest BCUT2D eigenvalue weighted by Crippen LogP contribution is -2.44. The second kappa shape index (κ2) is 11.5. The van der Waals surface area contributed by atoms with E-state index in [1.807, 2.05) is 6.92 Å². The Balaban J connectivity index is 1.45. The van der Waals surface area contributed by atoms with E-state index in [9.17, 15) is 19.2 Å². The number of rotatable bonds is 11. The lowest BCUT2D eigenvalue weighted by molar-refractivity contribution is -0.128. The molecule has 12 nitrogen and oxygen atoms in total. The smallest absolute Gasteiger partial charge is 0.332 e. The van der Waals surface area contributed by atoms with Crippen molar-refractivity contribution < 1.29 is 14.3 Å². The third kappa shape index (κ3) is 5.25. The molecule has 0 unspecified atom stereocenters. The Bertz CT molecular complexity index is 1470. The van der Waals surface area contributed by atoms with Crippen molar-refractivity contribution in [1.29, 1.82) is 0 Å². The van der Waals surface area contributed by atoms with E-state index in [0.717, 1.165) is 32.2 Å². The summed E-state index contributed by atoms with van der Waals surface area (Å²) in [5.74, 6) is 1.09. The van der Waals surface area contributed by atoms with Gasteiger partial charge in [0.25, 0.3) is 5.56 Å². The molecule has 2 fully saturated rings. The first-order valence-electron chi connectivity index (χ1n) is 13.7. The van der Waals surface area contributed by atoms with Crippen LogP contribution in [0.25, 0.3) is 22.6 Å². The third-order valence-corrected chi connectivity index (χ3v) is 7.61. The number of nitrogens with zero attached hydrogens (tertiary/aromatic N) is 6. The van der Waals surface area contributed by atoms with Crippen LogP contribution in [-0.2, 0) is 27.4 Å². The van der Waals surface area contributed by atoms with Gasteiger partial charge in [-0.1, -0.05) is 13.3 Å². The van der Waals surface area contributed by atoms with Gasteiger partial charge in [0.15, 0.2) is 5.65 Å². The largest absolute Gasteiger partial charge is 0.383 e. The highest BCUT2D eigenvalue weighted by Crippen LogP contribution is 2.30. The fourth-order valence-corrected chi connectivity index (χ4v) is 5.17. The summed E-state index contributed by atoms with van der Waals surface area (Å²) < 4.78 is 7.75. The maximum absolute atomic E-state index is 13.2. The summed E-state index contributed by atoms with van der Waals surface area (Å²) in [6, 6.07) is 3.56. The Hall–Kier alpha value is -3.80. The number of aryl methyl sites for hydroxylation is 1. The molecule has 0 radical (unpaired) electrons. The molecule has 0 spiro atoms. The average molecular weight is 538 g/mol. The topological polar surface area (TPSA) is 135 Å². The van der Waals surface area contributed by atoms with Crippen LogP contribution in [-0.4, -0.2) is 74.2 Å². The lowest BCUT2D eigenvalue weighted by atomic mass is 9.84. The number of amides is 2. The van der Waals surface area contributed by atoms with Crippen molar-refractivity contribution in [3.63, 3.8) is 0 Å². The maximum atomic E-state index is 13.2. The van der Waals surface area contributed by atoms with Crippen LogP contribution in [0.5, 0.6) is 0 Å². The molecular weight excluding hydrogens is 502 g/mol. The van der Waals surface area contributed by atoms with Crippen LogP contribution < -0.4 is 16.1 Å². The van der Waals surface area contributed by atoms with E-state index in [2.05, 4.69) is 15.0 Å². The Morgan fingerprint density at radius 3 is 2.56 bits per heavy atom. The maximum Gasteiger partial charge on any atom is 0.332 e. The Labute approximate surface area is 225 Å². The van der Waals surface area contributed by atoms with Crippen molar-refractivity contribution in [2.24, 2.45) is 5.92 Å². The molecule has 1 aliphatic heterocycles. The second-order valence-electron chi connectivity index (χ2n) is 10.2. The number of methoxy groups -OCH3 is 1. The number of pyridine rings is 1. The van der Waals surface area contributed by atoms with Gasteiger partial charge in [0, 0.05) is 57.4 Å². The first kappa shape index (κ1) is 26.8. The minimum absolute atomic E-state index is 0.00768. The van der Waals surface area contributed by atoms with Gasteiger partial charge in [-0.3, -0.25) is 28.4 Å². The van der Waals surface area contributed by atoms with Gasteiger partial charge in [0.05, 0.1) is 13.2 Å². The van der Waals surface area contributed by atoms with E-state index in [0.29, 0.717) is 55.3 Å². The predicted molar refractivity (Wildman–Crippen MR) is 146 cm³/mol. The van der Waals surface area contributed by atoms with E-state index in [4.69, 9.17) is 4.74 Å². The summed E-state index contributed by atoms with van der Waals surface area (Å²) in [5.41, 5.74) is 0.307. The van der Waals surface area contributed by atoms with Gasteiger partial charge in [0.1, 0.15) is 17.2 Å². The zero-order valence-corrected chi connectivity index (χ0v) is 22.5. The van der Waals surface area contributed by atoms with Gasteiger partial charge in [-0.15, -0.1) is 0 Å². The van der Waals surface area contributed by atoms with Crippen molar-refractivity contribution in [2.45, 2.75) is 58.5 Å². The van der Waals surface area contributed by atoms with Crippen LogP contribution in [0.3, 0.4) is 0 Å². The average Bonchev–Trinajstić information content (AvgIpc) is 3.53. The predicted octanol–water partition coefficient (Wildman–Crippen LogP) is 1.76. The monoisotopic (exact) mass is 537 g/mol. The van der Waals surface area contributed by atoms with Crippen LogP contribution in [0.1, 0.15) is 45.4 Å². The molecule has 2 aliphatic rings. The molecule has 208 valence electrons. The number of fused-ring (bicyclic) bond motifs is 1. The number of imidazole rings is 1. The van der Waals surface area contributed by atoms with Gasteiger partial charge in [-0.2, -0.15) is 0 Å². The first-order valence-corrected chi connectivity index (χ1v) is 13.7. The molecule has 3 aromatic heterocycles. The number of aromatic amines is 1. The van der Waals surface area contributed by atoms with Gasteiger partial charge >= 0.3 is 5.69 Å². The fourth-order valence-electron chi connectivity index (χ4n) is 5.17. The van der Waals surface area contributed by atoms with E-state index >= 15 is 0 Å². The molecule has 0 aromatic carbocycles. The molecule has 1 saturated carbocycles. The quantitative estimate of drug-likeness (QED) is 0.394.